The SMILES string of the molecule is C#CC1(c2cc(Br)co2)CC1. The molecule has 1 nitrogen and oxygen atoms in total. The monoisotopic (exact) mass is 210 g/mol. The van der Waals surface area contributed by atoms with Gasteiger partial charge in [0.2, 0.25) is 0 Å². The molecule has 1 saturated carbocycles. The topological polar surface area (TPSA) is 13.1 Å². The predicted molar refractivity (Wildman–Crippen MR) is 46.2 cm³/mol. The molecule has 1 aliphatic carbocycles. The molecule has 2 rings (SSSR count). The van der Waals surface area contributed by atoms with Gasteiger partial charge in [0.05, 0.1) is 9.89 Å². The maximum absolute atomic E-state index is 5.38. The molecule has 0 unspecified atom stereocenters. The fourth-order valence-electron chi connectivity index (χ4n) is 1.15. The Balaban J connectivity index is 2.38. The van der Waals surface area contributed by atoms with Gasteiger partial charge in [-0.2, -0.15) is 0 Å². The minimum absolute atomic E-state index is 0.0635. The Bertz CT molecular complexity index is 315. The fourth-order valence-corrected chi connectivity index (χ4v) is 1.45. The van der Waals surface area contributed by atoms with Crippen LogP contribution in [0.3, 0.4) is 0 Å². The Labute approximate surface area is 73.9 Å². The minimum atomic E-state index is -0.0635. The quantitative estimate of drug-likeness (QED) is 0.651. The second-order valence-electron chi connectivity index (χ2n) is 2.86. The van der Waals surface area contributed by atoms with Crippen LogP contribution in [-0.4, -0.2) is 0 Å². The minimum Gasteiger partial charge on any atom is -0.467 e. The van der Waals surface area contributed by atoms with E-state index in [9.17, 15) is 0 Å². The average Bonchev–Trinajstić information content (AvgIpc) is 2.70. The zero-order valence-electron chi connectivity index (χ0n) is 5.93. The Morgan fingerprint density at radius 3 is 2.73 bits per heavy atom. The van der Waals surface area contributed by atoms with Gasteiger partial charge in [-0.1, -0.05) is 5.92 Å². The fraction of sp³-hybridized carbons (Fsp3) is 0.333. The van der Waals surface area contributed by atoms with Gasteiger partial charge in [-0.05, 0) is 34.8 Å². The van der Waals surface area contributed by atoms with Crippen LogP contribution in [0.4, 0.5) is 0 Å². The van der Waals surface area contributed by atoms with Crippen molar-refractivity contribution in [2.75, 3.05) is 0 Å². The molecule has 1 heterocycles. The van der Waals surface area contributed by atoms with Gasteiger partial charge in [0, 0.05) is 0 Å². The maximum atomic E-state index is 5.38. The van der Waals surface area contributed by atoms with Crippen LogP contribution in [0.2, 0.25) is 0 Å². The highest BCUT2D eigenvalue weighted by Gasteiger charge is 2.45. The van der Waals surface area contributed by atoms with Gasteiger partial charge in [-0.25, -0.2) is 0 Å². The van der Waals surface area contributed by atoms with Crippen molar-refractivity contribution in [3.05, 3.63) is 22.6 Å². The van der Waals surface area contributed by atoms with Crippen molar-refractivity contribution in [2.24, 2.45) is 0 Å². The molecule has 0 saturated heterocycles. The maximum Gasteiger partial charge on any atom is 0.123 e. The summed E-state index contributed by atoms with van der Waals surface area (Å²) in [5.74, 6) is 3.69. The van der Waals surface area contributed by atoms with E-state index in [0.717, 1.165) is 23.1 Å². The van der Waals surface area contributed by atoms with Crippen LogP contribution in [-0.2, 0) is 5.41 Å². The van der Waals surface area contributed by atoms with E-state index in [2.05, 4.69) is 21.9 Å². The number of hydrogen-bond acceptors (Lipinski definition) is 1. The van der Waals surface area contributed by atoms with Gasteiger partial charge in [0.1, 0.15) is 12.0 Å². The molecule has 1 aromatic rings. The van der Waals surface area contributed by atoms with Gasteiger partial charge in [0.25, 0.3) is 0 Å². The molecule has 56 valence electrons. The van der Waals surface area contributed by atoms with Crippen molar-refractivity contribution < 1.29 is 4.42 Å². The molecule has 2 heteroatoms. The molecule has 0 aromatic carbocycles. The lowest BCUT2D eigenvalue weighted by Gasteiger charge is -1.99. The third kappa shape index (κ3) is 1.00. The molecule has 0 N–H and O–H groups in total. The Hall–Kier alpha value is -0.680. The van der Waals surface area contributed by atoms with Crippen LogP contribution in [0.25, 0.3) is 0 Å². The van der Waals surface area contributed by atoms with Gasteiger partial charge < -0.3 is 4.42 Å². The van der Waals surface area contributed by atoms with Crippen LogP contribution in [0.1, 0.15) is 18.6 Å². The molecule has 0 aliphatic heterocycles. The van der Waals surface area contributed by atoms with Gasteiger partial charge >= 0.3 is 0 Å². The van der Waals surface area contributed by atoms with E-state index >= 15 is 0 Å². The van der Waals surface area contributed by atoms with E-state index in [-0.39, 0.29) is 5.41 Å². The number of furan rings is 1. The van der Waals surface area contributed by atoms with E-state index in [1.165, 1.54) is 0 Å². The molecular formula is C9H7BrO. The summed E-state index contributed by atoms with van der Waals surface area (Å²) in [4.78, 5) is 0. The van der Waals surface area contributed by atoms with Crippen molar-refractivity contribution in [1.29, 1.82) is 0 Å². The van der Waals surface area contributed by atoms with Gasteiger partial charge in [-0.15, -0.1) is 6.42 Å². The molecule has 0 amide bonds. The third-order valence-electron chi connectivity index (χ3n) is 2.07. The summed E-state index contributed by atoms with van der Waals surface area (Å²) < 4.78 is 6.26. The summed E-state index contributed by atoms with van der Waals surface area (Å²) in [6.07, 6.45) is 9.18. The van der Waals surface area contributed by atoms with Crippen LogP contribution < -0.4 is 0 Å². The highest BCUT2D eigenvalue weighted by Crippen LogP contribution is 2.48. The molecule has 1 aliphatic rings. The first-order valence-corrected chi connectivity index (χ1v) is 4.28. The first-order valence-electron chi connectivity index (χ1n) is 3.49. The zero-order chi connectivity index (χ0) is 7.90. The van der Waals surface area contributed by atoms with Crippen LogP contribution in [0.5, 0.6) is 0 Å². The molecule has 11 heavy (non-hydrogen) atoms. The first-order chi connectivity index (χ1) is 5.27. The third-order valence-corrected chi connectivity index (χ3v) is 2.48. The molecule has 0 spiro atoms. The summed E-state index contributed by atoms with van der Waals surface area (Å²) in [5.41, 5.74) is -0.0635. The predicted octanol–water partition coefficient (Wildman–Crippen LogP) is 2.71. The van der Waals surface area contributed by atoms with E-state index in [0.29, 0.717) is 0 Å². The largest absolute Gasteiger partial charge is 0.467 e. The Morgan fingerprint density at radius 2 is 2.36 bits per heavy atom. The van der Waals surface area contributed by atoms with Gasteiger partial charge in [-0.3, -0.25) is 0 Å². The van der Waals surface area contributed by atoms with Crippen molar-refractivity contribution in [3.63, 3.8) is 0 Å². The summed E-state index contributed by atoms with van der Waals surface area (Å²) >= 11 is 3.32. The lowest BCUT2D eigenvalue weighted by atomic mass is 10.1. The van der Waals surface area contributed by atoms with Crippen molar-refractivity contribution in [3.8, 4) is 12.3 Å². The van der Waals surface area contributed by atoms with Crippen LogP contribution in [0.15, 0.2) is 21.2 Å². The molecule has 1 aromatic heterocycles. The Morgan fingerprint density at radius 1 is 1.64 bits per heavy atom. The van der Waals surface area contributed by atoms with Crippen molar-refractivity contribution in [2.45, 2.75) is 18.3 Å². The smallest absolute Gasteiger partial charge is 0.123 e. The summed E-state index contributed by atoms with van der Waals surface area (Å²) in [6, 6.07) is 1.95. The number of halogens is 1. The van der Waals surface area contributed by atoms with Crippen LogP contribution in [0, 0.1) is 12.3 Å². The molecular weight excluding hydrogens is 204 g/mol. The summed E-state index contributed by atoms with van der Waals surface area (Å²) in [7, 11) is 0. The van der Waals surface area contributed by atoms with Crippen molar-refractivity contribution in [1.82, 2.24) is 0 Å². The Kier molecular flexibility index (Phi) is 1.37. The first kappa shape index (κ1) is 7.00. The van der Waals surface area contributed by atoms with E-state index in [4.69, 9.17) is 10.8 Å². The van der Waals surface area contributed by atoms with Crippen molar-refractivity contribution >= 4 is 15.9 Å². The normalized spacial score (nSPS) is 19.3. The summed E-state index contributed by atoms with van der Waals surface area (Å²) in [6.45, 7) is 0. The van der Waals surface area contributed by atoms with E-state index in [1.54, 1.807) is 6.26 Å². The molecule has 0 bridgehead atoms. The lowest BCUT2D eigenvalue weighted by Crippen LogP contribution is -1.99. The second-order valence-corrected chi connectivity index (χ2v) is 3.77. The van der Waals surface area contributed by atoms with E-state index in [1.807, 2.05) is 6.07 Å². The number of rotatable bonds is 1. The highest BCUT2D eigenvalue weighted by atomic mass is 79.9. The highest BCUT2D eigenvalue weighted by molar-refractivity contribution is 9.10. The molecule has 1 fully saturated rings. The molecule has 0 atom stereocenters. The zero-order valence-corrected chi connectivity index (χ0v) is 7.52. The molecule has 0 radical (unpaired) electrons. The number of hydrogen-bond donors (Lipinski definition) is 0. The average molecular weight is 211 g/mol. The summed E-state index contributed by atoms with van der Waals surface area (Å²) in [5, 5.41) is 0. The van der Waals surface area contributed by atoms with Gasteiger partial charge in [0.15, 0.2) is 0 Å². The van der Waals surface area contributed by atoms with E-state index < -0.39 is 0 Å². The second kappa shape index (κ2) is 2.15. The number of terminal acetylenes is 1. The standard InChI is InChI=1S/C9H7BrO/c1-2-9(3-4-9)8-5-7(10)6-11-8/h1,5-6H,3-4H2. The van der Waals surface area contributed by atoms with Crippen LogP contribution >= 0.6 is 15.9 Å². The lowest BCUT2D eigenvalue weighted by molar-refractivity contribution is 0.488.